The maximum absolute atomic E-state index is 11.1. The van der Waals surface area contributed by atoms with Gasteiger partial charge in [-0.25, -0.2) is 4.98 Å². The van der Waals surface area contributed by atoms with Crippen LogP contribution >= 0.6 is 11.6 Å². The van der Waals surface area contributed by atoms with Crippen molar-refractivity contribution >= 4 is 23.0 Å². The van der Waals surface area contributed by atoms with Crippen LogP contribution in [-0.4, -0.2) is 47.4 Å². The second kappa shape index (κ2) is 6.14. The summed E-state index contributed by atoms with van der Waals surface area (Å²) in [6.45, 7) is 1.43. The molecule has 0 amide bonds. The van der Waals surface area contributed by atoms with Crippen molar-refractivity contribution in [2.75, 3.05) is 31.3 Å². The van der Waals surface area contributed by atoms with E-state index in [0.717, 1.165) is 6.20 Å². The van der Waals surface area contributed by atoms with E-state index in [1.807, 2.05) is 4.90 Å². The van der Waals surface area contributed by atoms with E-state index < -0.39 is 4.92 Å². The highest BCUT2D eigenvalue weighted by Gasteiger charge is 2.28. The summed E-state index contributed by atoms with van der Waals surface area (Å²) in [4.78, 5) is 16.2. The average Bonchev–Trinajstić information content (AvgIpc) is 2.39. The molecule has 0 bridgehead atoms. The summed E-state index contributed by atoms with van der Waals surface area (Å²) >= 11 is 5.82. The molecule has 1 aromatic heterocycles. The van der Waals surface area contributed by atoms with Crippen molar-refractivity contribution < 1.29 is 14.8 Å². The van der Waals surface area contributed by atoms with Crippen LogP contribution in [0, 0.1) is 10.1 Å². The molecule has 19 heavy (non-hydrogen) atoms. The van der Waals surface area contributed by atoms with Crippen LogP contribution in [0.3, 0.4) is 0 Å². The van der Waals surface area contributed by atoms with Gasteiger partial charge in [0.25, 0.3) is 0 Å². The normalized spacial score (nSPS) is 19.5. The molecule has 8 heteroatoms. The standard InChI is InChI=1S/C11H14ClN3O4/c12-11-5-9(10(6-13-11)15(17)18)14-2-4-19-7-8(14)1-3-16/h5-6,8,16H,1-4,7H2. The highest BCUT2D eigenvalue weighted by molar-refractivity contribution is 6.29. The first-order valence-electron chi connectivity index (χ1n) is 5.88. The molecule has 104 valence electrons. The quantitative estimate of drug-likeness (QED) is 0.509. The second-order valence-electron chi connectivity index (χ2n) is 4.19. The van der Waals surface area contributed by atoms with E-state index in [0.29, 0.717) is 31.9 Å². The first-order valence-corrected chi connectivity index (χ1v) is 6.26. The molecule has 7 nitrogen and oxygen atoms in total. The second-order valence-corrected chi connectivity index (χ2v) is 4.57. The van der Waals surface area contributed by atoms with Crippen LogP contribution in [0.1, 0.15) is 6.42 Å². The van der Waals surface area contributed by atoms with Gasteiger partial charge in [0, 0.05) is 19.2 Å². The van der Waals surface area contributed by atoms with Gasteiger partial charge in [-0.3, -0.25) is 10.1 Å². The van der Waals surface area contributed by atoms with Crippen molar-refractivity contribution in [2.45, 2.75) is 12.5 Å². The van der Waals surface area contributed by atoms with Crippen LogP contribution in [0.15, 0.2) is 12.3 Å². The summed E-state index contributed by atoms with van der Waals surface area (Å²) in [5, 5.41) is 20.3. The van der Waals surface area contributed by atoms with E-state index in [-0.39, 0.29) is 23.5 Å². The fraction of sp³-hybridized carbons (Fsp3) is 0.545. The molecule has 1 aliphatic rings. The molecule has 1 aromatic rings. The Morgan fingerprint density at radius 1 is 1.68 bits per heavy atom. The number of hydrogen-bond acceptors (Lipinski definition) is 6. The van der Waals surface area contributed by atoms with E-state index >= 15 is 0 Å². The monoisotopic (exact) mass is 287 g/mol. The third-order valence-electron chi connectivity index (χ3n) is 3.02. The predicted molar refractivity (Wildman–Crippen MR) is 69.6 cm³/mol. The smallest absolute Gasteiger partial charge is 0.310 e. The molecule has 1 fully saturated rings. The van der Waals surface area contributed by atoms with Crippen molar-refractivity contribution in [2.24, 2.45) is 0 Å². The minimum absolute atomic E-state index is 0.00284. The van der Waals surface area contributed by atoms with E-state index in [2.05, 4.69) is 4.98 Å². The lowest BCUT2D eigenvalue weighted by atomic mass is 10.1. The Balaban J connectivity index is 2.37. The highest BCUT2D eigenvalue weighted by atomic mass is 35.5. The first kappa shape index (κ1) is 14.0. The van der Waals surface area contributed by atoms with Gasteiger partial charge in [-0.15, -0.1) is 0 Å². The van der Waals surface area contributed by atoms with Crippen LogP contribution in [0.2, 0.25) is 5.15 Å². The fourth-order valence-corrected chi connectivity index (χ4v) is 2.30. The van der Waals surface area contributed by atoms with Crippen molar-refractivity contribution in [3.8, 4) is 0 Å². The molecular formula is C11H14ClN3O4. The van der Waals surface area contributed by atoms with E-state index in [1.54, 1.807) is 0 Å². The zero-order valence-corrected chi connectivity index (χ0v) is 10.9. The SMILES string of the molecule is O=[N+]([O-])c1cnc(Cl)cc1N1CCOCC1CCO. The van der Waals surface area contributed by atoms with Gasteiger partial charge in [-0.1, -0.05) is 11.6 Å². The van der Waals surface area contributed by atoms with Gasteiger partial charge in [-0.05, 0) is 6.42 Å². The predicted octanol–water partition coefficient (Wildman–Crippen LogP) is 1.23. The van der Waals surface area contributed by atoms with Gasteiger partial charge in [0.1, 0.15) is 17.0 Å². The Morgan fingerprint density at radius 2 is 2.47 bits per heavy atom. The summed E-state index contributed by atoms with van der Waals surface area (Å²) in [5.74, 6) is 0. The van der Waals surface area contributed by atoms with Gasteiger partial charge in [0.15, 0.2) is 0 Å². The molecule has 1 atom stereocenters. The first-order chi connectivity index (χ1) is 9.13. The van der Waals surface area contributed by atoms with Crippen LogP contribution in [0.25, 0.3) is 0 Å². The topological polar surface area (TPSA) is 88.7 Å². The van der Waals surface area contributed by atoms with E-state index in [4.69, 9.17) is 21.4 Å². The molecule has 2 heterocycles. The Kier molecular flexibility index (Phi) is 4.52. The molecule has 0 saturated carbocycles. The number of rotatable bonds is 4. The van der Waals surface area contributed by atoms with E-state index in [9.17, 15) is 10.1 Å². The molecule has 1 N–H and O–H groups in total. The summed E-state index contributed by atoms with van der Waals surface area (Å²) < 4.78 is 5.35. The number of anilines is 1. The Morgan fingerprint density at radius 3 is 3.16 bits per heavy atom. The van der Waals surface area contributed by atoms with Crippen molar-refractivity contribution in [3.63, 3.8) is 0 Å². The summed E-state index contributed by atoms with van der Waals surface area (Å²) in [6, 6.07) is 1.38. The molecule has 0 aromatic carbocycles. The number of morpholine rings is 1. The number of nitro groups is 1. The lowest BCUT2D eigenvalue weighted by molar-refractivity contribution is -0.384. The van der Waals surface area contributed by atoms with Gasteiger partial charge in [0.05, 0.1) is 24.2 Å². The third kappa shape index (κ3) is 3.12. The van der Waals surface area contributed by atoms with Crippen LogP contribution in [-0.2, 0) is 4.74 Å². The zero-order valence-electron chi connectivity index (χ0n) is 10.2. The minimum Gasteiger partial charge on any atom is -0.396 e. The highest BCUT2D eigenvalue weighted by Crippen LogP contribution is 2.32. The zero-order chi connectivity index (χ0) is 13.8. The van der Waals surface area contributed by atoms with Gasteiger partial charge in [-0.2, -0.15) is 0 Å². The Hall–Kier alpha value is -1.44. The van der Waals surface area contributed by atoms with Crippen molar-refractivity contribution in [1.29, 1.82) is 0 Å². The van der Waals surface area contributed by atoms with Crippen LogP contribution in [0.5, 0.6) is 0 Å². The molecule has 0 radical (unpaired) electrons. The number of hydrogen-bond donors (Lipinski definition) is 1. The molecule has 0 aliphatic carbocycles. The number of halogens is 1. The fourth-order valence-electron chi connectivity index (χ4n) is 2.14. The molecule has 1 aliphatic heterocycles. The largest absolute Gasteiger partial charge is 0.396 e. The average molecular weight is 288 g/mol. The van der Waals surface area contributed by atoms with Gasteiger partial charge >= 0.3 is 5.69 Å². The third-order valence-corrected chi connectivity index (χ3v) is 3.23. The number of aromatic nitrogens is 1. The van der Waals surface area contributed by atoms with Crippen LogP contribution in [0.4, 0.5) is 11.4 Å². The number of pyridine rings is 1. The molecule has 1 saturated heterocycles. The summed E-state index contributed by atoms with van der Waals surface area (Å²) in [5.41, 5.74) is 0.334. The number of aliphatic hydroxyl groups is 1. The number of aliphatic hydroxyl groups excluding tert-OH is 1. The van der Waals surface area contributed by atoms with Gasteiger partial charge < -0.3 is 14.7 Å². The van der Waals surface area contributed by atoms with Gasteiger partial charge in [0.2, 0.25) is 0 Å². The molecule has 0 spiro atoms. The maximum atomic E-state index is 11.1. The molecular weight excluding hydrogens is 274 g/mol. The lowest BCUT2D eigenvalue weighted by Gasteiger charge is -2.36. The molecule has 2 rings (SSSR count). The lowest BCUT2D eigenvalue weighted by Crippen LogP contribution is -2.46. The maximum Gasteiger partial charge on any atom is 0.310 e. The van der Waals surface area contributed by atoms with Crippen LogP contribution < -0.4 is 4.90 Å². The summed E-state index contributed by atoms with van der Waals surface area (Å²) in [7, 11) is 0. The van der Waals surface area contributed by atoms with E-state index in [1.165, 1.54) is 6.07 Å². The number of ether oxygens (including phenoxy) is 1. The summed E-state index contributed by atoms with van der Waals surface area (Å²) in [6.07, 6.45) is 1.64. The Labute approximate surface area is 114 Å². The van der Waals surface area contributed by atoms with Crippen molar-refractivity contribution in [3.05, 3.63) is 27.5 Å². The number of nitrogens with zero attached hydrogens (tertiary/aromatic N) is 3. The molecule has 1 unspecified atom stereocenters. The van der Waals surface area contributed by atoms with Crippen molar-refractivity contribution in [1.82, 2.24) is 4.98 Å². The minimum atomic E-state index is -0.482. The Bertz CT molecular complexity index is 469.